The molecular weight excluding hydrogens is 418 g/mol. The molecule has 0 saturated heterocycles. The molecule has 6 nitrogen and oxygen atoms in total. The van der Waals surface area contributed by atoms with Crippen molar-refractivity contribution in [2.45, 2.75) is 13.5 Å². The van der Waals surface area contributed by atoms with E-state index in [0.29, 0.717) is 22.7 Å². The van der Waals surface area contributed by atoms with Crippen LogP contribution in [-0.2, 0) is 0 Å². The Morgan fingerprint density at radius 1 is 1.13 bits per heavy atom. The van der Waals surface area contributed by atoms with Gasteiger partial charge in [0.2, 0.25) is 0 Å². The number of aromatic nitrogens is 2. The van der Waals surface area contributed by atoms with Gasteiger partial charge < -0.3 is 14.6 Å². The minimum absolute atomic E-state index is 0.0277. The summed E-state index contributed by atoms with van der Waals surface area (Å²) in [6, 6.07) is 9.86. The van der Waals surface area contributed by atoms with Crippen LogP contribution in [0.15, 0.2) is 53.1 Å². The molecule has 2 heterocycles. The van der Waals surface area contributed by atoms with E-state index >= 15 is 0 Å². The number of nitrogens with one attached hydrogen (secondary N) is 1. The molecule has 4 rings (SSSR count). The van der Waals surface area contributed by atoms with E-state index in [1.54, 1.807) is 13.0 Å². The Kier molecular flexibility index (Phi) is 5.28. The third-order valence-corrected chi connectivity index (χ3v) is 4.40. The fourth-order valence-electron chi connectivity index (χ4n) is 3.03. The van der Waals surface area contributed by atoms with Gasteiger partial charge in [-0.2, -0.15) is 8.78 Å². The van der Waals surface area contributed by atoms with Crippen LogP contribution in [-0.4, -0.2) is 22.7 Å². The van der Waals surface area contributed by atoms with Crippen LogP contribution < -0.4 is 10.1 Å². The second-order valence-corrected chi connectivity index (χ2v) is 6.49. The quantitative estimate of drug-likeness (QED) is 0.432. The van der Waals surface area contributed by atoms with E-state index in [4.69, 9.17) is 4.52 Å². The first-order chi connectivity index (χ1) is 14.8. The molecule has 0 aliphatic heterocycles. The molecule has 158 valence electrons. The average molecular weight is 431 g/mol. The van der Waals surface area contributed by atoms with Crippen molar-refractivity contribution in [3.05, 3.63) is 71.4 Å². The molecule has 0 aliphatic carbocycles. The minimum Gasteiger partial charge on any atom is -0.435 e. The Balaban J connectivity index is 1.78. The standard InChI is InChI=1S/C21H13F4N3O3/c1-10-18-14(19(29)26-16-6-5-12(22)8-15(16)23)9-17(27-20(18)31-28-10)11-3-2-4-13(7-11)30-21(24)25/h2-9,21H,1H3,(H,26,29). The topological polar surface area (TPSA) is 77.2 Å². The lowest BCUT2D eigenvalue weighted by atomic mass is 10.0. The Morgan fingerprint density at radius 3 is 2.68 bits per heavy atom. The van der Waals surface area contributed by atoms with Gasteiger partial charge in [-0.25, -0.2) is 13.8 Å². The van der Waals surface area contributed by atoms with Crippen molar-refractivity contribution in [3.8, 4) is 17.0 Å². The number of hydrogen-bond donors (Lipinski definition) is 1. The zero-order valence-corrected chi connectivity index (χ0v) is 15.8. The summed E-state index contributed by atoms with van der Waals surface area (Å²) in [5.74, 6) is -2.55. The highest BCUT2D eigenvalue weighted by atomic mass is 19.3. The van der Waals surface area contributed by atoms with Crippen LogP contribution in [0.25, 0.3) is 22.4 Å². The number of hydrogen-bond acceptors (Lipinski definition) is 5. The van der Waals surface area contributed by atoms with Crippen LogP contribution >= 0.6 is 0 Å². The fourth-order valence-corrected chi connectivity index (χ4v) is 3.03. The van der Waals surface area contributed by atoms with Gasteiger partial charge in [0.15, 0.2) is 0 Å². The maximum atomic E-state index is 14.0. The zero-order chi connectivity index (χ0) is 22.1. The number of carbonyl (C=O) groups excluding carboxylic acids is 1. The molecular formula is C21H13F4N3O3. The summed E-state index contributed by atoms with van der Waals surface area (Å²) in [5.41, 5.74) is 0.819. The van der Waals surface area contributed by atoms with Crippen molar-refractivity contribution in [2.24, 2.45) is 0 Å². The first kappa shape index (κ1) is 20.3. The largest absolute Gasteiger partial charge is 0.435 e. The predicted octanol–water partition coefficient (Wildman–Crippen LogP) is 5.33. The Labute approximate surface area is 172 Å². The van der Waals surface area contributed by atoms with Crippen LogP contribution in [0.5, 0.6) is 5.75 Å². The Bertz CT molecular complexity index is 1290. The molecule has 0 aliphatic rings. The van der Waals surface area contributed by atoms with Crippen molar-refractivity contribution in [3.63, 3.8) is 0 Å². The van der Waals surface area contributed by atoms with Gasteiger partial charge in [-0.3, -0.25) is 4.79 Å². The second-order valence-electron chi connectivity index (χ2n) is 6.49. The summed E-state index contributed by atoms with van der Waals surface area (Å²) in [5, 5.41) is 6.47. The maximum absolute atomic E-state index is 14.0. The van der Waals surface area contributed by atoms with E-state index in [2.05, 4.69) is 20.2 Å². The number of ether oxygens (including phenoxy) is 1. The van der Waals surface area contributed by atoms with Crippen molar-refractivity contribution in [2.75, 3.05) is 5.32 Å². The number of alkyl halides is 2. The molecule has 0 unspecified atom stereocenters. The smallest absolute Gasteiger partial charge is 0.387 e. The molecule has 0 fully saturated rings. The third kappa shape index (κ3) is 4.18. The lowest BCUT2D eigenvalue weighted by Crippen LogP contribution is -2.14. The van der Waals surface area contributed by atoms with Gasteiger partial charge in [0, 0.05) is 11.6 Å². The van der Waals surface area contributed by atoms with Crippen molar-refractivity contribution in [1.82, 2.24) is 10.1 Å². The Morgan fingerprint density at radius 2 is 1.94 bits per heavy atom. The van der Waals surface area contributed by atoms with E-state index in [0.717, 1.165) is 12.1 Å². The van der Waals surface area contributed by atoms with Crippen LogP contribution in [0.1, 0.15) is 16.1 Å². The summed E-state index contributed by atoms with van der Waals surface area (Å²) >= 11 is 0. The van der Waals surface area contributed by atoms with Crippen LogP contribution in [0.3, 0.4) is 0 Å². The Hall–Kier alpha value is -3.95. The highest BCUT2D eigenvalue weighted by Gasteiger charge is 2.21. The van der Waals surface area contributed by atoms with E-state index in [1.807, 2.05) is 0 Å². The number of halogens is 4. The molecule has 0 saturated carbocycles. The van der Waals surface area contributed by atoms with Gasteiger partial charge >= 0.3 is 6.61 Å². The fraction of sp³-hybridized carbons (Fsp3) is 0.0952. The van der Waals surface area contributed by atoms with E-state index < -0.39 is 24.2 Å². The number of anilines is 1. The van der Waals surface area contributed by atoms with Gasteiger partial charge in [0.1, 0.15) is 17.4 Å². The predicted molar refractivity (Wildman–Crippen MR) is 103 cm³/mol. The first-order valence-corrected chi connectivity index (χ1v) is 8.90. The number of amides is 1. The summed E-state index contributed by atoms with van der Waals surface area (Å²) in [6.07, 6.45) is 0. The number of benzene rings is 2. The third-order valence-electron chi connectivity index (χ3n) is 4.40. The molecule has 1 N–H and O–H groups in total. The summed E-state index contributed by atoms with van der Waals surface area (Å²) in [6.45, 7) is -1.41. The lowest BCUT2D eigenvalue weighted by molar-refractivity contribution is -0.0498. The van der Waals surface area contributed by atoms with E-state index in [9.17, 15) is 22.4 Å². The summed E-state index contributed by atoms with van der Waals surface area (Å²) in [7, 11) is 0. The number of carbonyl (C=O) groups is 1. The molecule has 31 heavy (non-hydrogen) atoms. The number of aryl methyl sites for hydroxylation is 1. The molecule has 4 aromatic rings. The van der Waals surface area contributed by atoms with Crippen LogP contribution in [0.2, 0.25) is 0 Å². The molecule has 0 spiro atoms. The van der Waals surface area contributed by atoms with E-state index in [1.165, 1.54) is 24.3 Å². The molecule has 2 aromatic heterocycles. The average Bonchev–Trinajstić information content (AvgIpc) is 3.10. The number of pyridine rings is 1. The zero-order valence-electron chi connectivity index (χ0n) is 15.8. The number of rotatable bonds is 5. The molecule has 0 atom stereocenters. The van der Waals surface area contributed by atoms with Gasteiger partial charge in [0.25, 0.3) is 11.6 Å². The van der Waals surface area contributed by atoms with Crippen molar-refractivity contribution >= 4 is 22.7 Å². The molecule has 10 heteroatoms. The van der Waals surface area contributed by atoms with Crippen LogP contribution in [0, 0.1) is 18.6 Å². The summed E-state index contributed by atoms with van der Waals surface area (Å²) < 4.78 is 61.8. The van der Waals surface area contributed by atoms with E-state index in [-0.39, 0.29) is 28.4 Å². The maximum Gasteiger partial charge on any atom is 0.387 e. The number of nitrogens with zero attached hydrogens (tertiary/aromatic N) is 2. The van der Waals surface area contributed by atoms with Crippen LogP contribution in [0.4, 0.5) is 23.2 Å². The highest BCUT2D eigenvalue weighted by Crippen LogP contribution is 2.30. The molecule has 1 amide bonds. The summed E-state index contributed by atoms with van der Waals surface area (Å²) in [4.78, 5) is 17.2. The minimum atomic E-state index is -3.01. The number of fused-ring (bicyclic) bond motifs is 1. The van der Waals surface area contributed by atoms with Crippen molar-refractivity contribution < 1.29 is 31.6 Å². The molecule has 2 aromatic carbocycles. The SMILES string of the molecule is Cc1noc2nc(-c3cccc(OC(F)F)c3)cc(C(=O)Nc3ccc(F)cc3F)c12. The molecule has 0 radical (unpaired) electrons. The van der Waals surface area contributed by atoms with Crippen molar-refractivity contribution in [1.29, 1.82) is 0 Å². The molecule has 0 bridgehead atoms. The van der Waals surface area contributed by atoms with Gasteiger partial charge in [-0.05, 0) is 37.3 Å². The second kappa shape index (κ2) is 8.05. The van der Waals surface area contributed by atoms with Gasteiger partial charge in [-0.15, -0.1) is 0 Å². The lowest BCUT2D eigenvalue weighted by Gasteiger charge is -2.10. The normalized spacial score (nSPS) is 11.2. The highest BCUT2D eigenvalue weighted by molar-refractivity contribution is 6.13. The van der Waals surface area contributed by atoms with Gasteiger partial charge in [-0.1, -0.05) is 17.3 Å². The van der Waals surface area contributed by atoms with Gasteiger partial charge in [0.05, 0.1) is 28.0 Å². The first-order valence-electron chi connectivity index (χ1n) is 8.90. The monoisotopic (exact) mass is 431 g/mol.